The largest absolute Gasteiger partial charge is 0.416 e. The Hall–Kier alpha value is -0.900. The molecule has 0 aromatic heterocycles. The van der Waals surface area contributed by atoms with E-state index in [0.717, 1.165) is 17.8 Å². The Labute approximate surface area is 97.8 Å². The second kappa shape index (κ2) is 4.95. The van der Waals surface area contributed by atoms with Gasteiger partial charge in [0.1, 0.15) is 0 Å². The van der Waals surface area contributed by atoms with E-state index in [1.54, 1.807) is 7.05 Å². The Morgan fingerprint density at radius 1 is 1.25 bits per heavy atom. The summed E-state index contributed by atoms with van der Waals surface area (Å²) in [5.41, 5.74) is 0.0873. The minimum absolute atomic E-state index is 0.0819. The maximum Gasteiger partial charge on any atom is 0.416 e. The molecule has 1 nitrogen and oxygen atoms in total. The smallest absolute Gasteiger partial charge is 0.371 e. The Bertz CT molecular complexity index is 334. The van der Waals surface area contributed by atoms with Crippen LogP contribution in [0.3, 0.4) is 0 Å². The molecule has 0 bridgehead atoms. The fourth-order valence-electron chi connectivity index (χ4n) is 1.24. The molecule has 1 aromatic carbocycles. The summed E-state index contributed by atoms with van der Waals surface area (Å²) in [5.74, 6) is 0.428. The number of alkyl halides is 4. The first kappa shape index (κ1) is 13.2. The Kier molecular flexibility index (Phi) is 4.08. The van der Waals surface area contributed by atoms with Gasteiger partial charge in [-0.15, -0.1) is 11.6 Å². The van der Waals surface area contributed by atoms with E-state index in [9.17, 15) is 13.2 Å². The molecule has 16 heavy (non-hydrogen) atoms. The molecule has 90 valence electrons. The van der Waals surface area contributed by atoms with Crippen LogP contribution in [0.25, 0.3) is 0 Å². The van der Waals surface area contributed by atoms with Crippen LogP contribution in [-0.2, 0) is 6.18 Å². The van der Waals surface area contributed by atoms with Crippen LogP contribution in [0.2, 0.25) is 0 Å². The van der Waals surface area contributed by atoms with Crippen molar-refractivity contribution in [3.05, 3.63) is 29.8 Å². The van der Waals surface area contributed by atoms with Gasteiger partial charge in [0, 0.05) is 24.7 Å². The third-order valence-electron chi connectivity index (χ3n) is 2.49. The molecule has 0 radical (unpaired) electrons. The minimum atomic E-state index is -4.28. The molecule has 0 saturated carbocycles. The van der Waals surface area contributed by atoms with Crippen molar-refractivity contribution in [3.63, 3.8) is 0 Å². The zero-order valence-electron chi connectivity index (χ0n) is 9.05. The van der Waals surface area contributed by atoms with Crippen LogP contribution in [0.1, 0.15) is 12.5 Å². The normalized spacial score (nSPS) is 13.6. The highest BCUT2D eigenvalue weighted by atomic mass is 35.5. The molecular weight excluding hydrogens is 239 g/mol. The highest BCUT2D eigenvalue weighted by molar-refractivity contribution is 6.18. The maximum atomic E-state index is 12.3. The van der Waals surface area contributed by atoms with E-state index in [4.69, 9.17) is 11.6 Å². The van der Waals surface area contributed by atoms with Gasteiger partial charge in [-0.3, -0.25) is 0 Å². The van der Waals surface area contributed by atoms with E-state index in [2.05, 4.69) is 0 Å². The molecule has 1 rings (SSSR count). The van der Waals surface area contributed by atoms with Crippen molar-refractivity contribution in [2.75, 3.05) is 17.8 Å². The predicted molar refractivity (Wildman–Crippen MR) is 60.0 cm³/mol. The molecule has 0 fully saturated rings. The molecule has 0 aliphatic heterocycles. The van der Waals surface area contributed by atoms with E-state index in [-0.39, 0.29) is 6.04 Å². The molecule has 0 spiro atoms. The number of hydrogen-bond donors (Lipinski definition) is 0. The first-order chi connectivity index (χ1) is 7.36. The maximum absolute atomic E-state index is 12.3. The number of halogens is 4. The van der Waals surface area contributed by atoms with Gasteiger partial charge in [-0.05, 0) is 31.2 Å². The van der Waals surface area contributed by atoms with Gasteiger partial charge in [-0.2, -0.15) is 13.2 Å². The lowest BCUT2D eigenvalue weighted by atomic mass is 10.2. The molecule has 5 heteroatoms. The number of anilines is 1. The van der Waals surface area contributed by atoms with Gasteiger partial charge in [0.2, 0.25) is 0 Å². The monoisotopic (exact) mass is 251 g/mol. The zero-order valence-corrected chi connectivity index (χ0v) is 9.81. The molecular formula is C11H13ClF3N. The molecule has 1 unspecified atom stereocenters. The summed E-state index contributed by atoms with van der Waals surface area (Å²) in [7, 11) is 1.80. The topological polar surface area (TPSA) is 3.24 Å². The first-order valence-electron chi connectivity index (χ1n) is 4.82. The summed E-state index contributed by atoms with van der Waals surface area (Å²) in [6.45, 7) is 1.91. The van der Waals surface area contributed by atoms with Gasteiger partial charge in [0.25, 0.3) is 0 Å². The third-order valence-corrected chi connectivity index (χ3v) is 2.93. The molecule has 0 N–H and O–H groups in total. The lowest BCUT2D eigenvalue weighted by Gasteiger charge is -2.25. The number of benzene rings is 1. The van der Waals surface area contributed by atoms with Crippen LogP contribution in [0.5, 0.6) is 0 Å². The second-order valence-electron chi connectivity index (χ2n) is 3.66. The fraction of sp³-hybridized carbons (Fsp3) is 0.455. The summed E-state index contributed by atoms with van der Waals surface area (Å²) >= 11 is 5.68. The Balaban J connectivity index is 2.87. The average Bonchev–Trinajstić information content (AvgIpc) is 2.26. The van der Waals surface area contributed by atoms with Crippen molar-refractivity contribution in [3.8, 4) is 0 Å². The van der Waals surface area contributed by atoms with E-state index < -0.39 is 11.7 Å². The van der Waals surface area contributed by atoms with Crippen LogP contribution < -0.4 is 4.90 Å². The zero-order chi connectivity index (χ0) is 12.3. The van der Waals surface area contributed by atoms with Gasteiger partial charge in [-0.1, -0.05) is 0 Å². The minimum Gasteiger partial charge on any atom is -0.371 e. The summed E-state index contributed by atoms with van der Waals surface area (Å²) < 4.78 is 36.9. The van der Waals surface area contributed by atoms with Gasteiger partial charge in [0.05, 0.1) is 5.56 Å². The number of rotatable bonds is 3. The van der Waals surface area contributed by atoms with Crippen molar-refractivity contribution in [1.29, 1.82) is 0 Å². The summed E-state index contributed by atoms with van der Waals surface area (Å²) in [5, 5.41) is 0. The molecule has 0 heterocycles. The van der Waals surface area contributed by atoms with Crippen LogP contribution in [0.4, 0.5) is 18.9 Å². The highest BCUT2D eigenvalue weighted by Crippen LogP contribution is 2.30. The SMILES string of the molecule is CC(CCl)N(C)c1ccc(C(F)(F)F)cc1. The first-order valence-corrected chi connectivity index (χ1v) is 5.35. The van der Waals surface area contributed by atoms with Gasteiger partial charge in [-0.25, -0.2) is 0 Å². The summed E-state index contributed by atoms with van der Waals surface area (Å²) in [4.78, 5) is 1.84. The van der Waals surface area contributed by atoms with Crippen molar-refractivity contribution in [1.82, 2.24) is 0 Å². The molecule has 0 amide bonds. The van der Waals surface area contributed by atoms with E-state index >= 15 is 0 Å². The summed E-state index contributed by atoms with van der Waals surface area (Å²) in [6.07, 6.45) is -4.28. The van der Waals surface area contributed by atoms with Gasteiger partial charge < -0.3 is 4.90 Å². The van der Waals surface area contributed by atoms with Gasteiger partial charge in [0.15, 0.2) is 0 Å². The average molecular weight is 252 g/mol. The van der Waals surface area contributed by atoms with E-state index in [1.165, 1.54) is 12.1 Å². The van der Waals surface area contributed by atoms with Crippen LogP contribution in [0, 0.1) is 0 Å². The number of hydrogen-bond acceptors (Lipinski definition) is 1. The van der Waals surface area contributed by atoms with E-state index in [0.29, 0.717) is 5.88 Å². The molecule has 0 saturated heterocycles. The lowest BCUT2D eigenvalue weighted by Crippen LogP contribution is -2.30. The van der Waals surface area contributed by atoms with Crippen molar-refractivity contribution in [2.24, 2.45) is 0 Å². The van der Waals surface area contributed by atoms with Crippen LogP contribution in [-0.4, -0.2) is 19.0 Å². The van der Waals surface area contributed by atoms with Crippen LogP contribution >= 0.6 is 11.6 Å². The molecule has 0 aliphatic rings. The fourth-order valence-corrected chi connectivity index (χ4v) is 1.45. The Morgan fingerprint density at radius 3 is 2.12 bits per heavy atom. The highest BCUT2D eigenvalue weighted by Gasteiger charge is 2.30. The third kappa shape index (κ3) is 3.04. The molecule has 0 aliphatic carbocycles. The quantitative estimate of drug-likeness (QED) is 0.739. The van der Waals surface area contributed by atoms with E-state index in [1.807, 2.05) is 11.8 Å². The van der Waals surface area contributed by atoms with Gasteiger partial charge >= 0.3 is 6.18 Å². The Morgan fingerprint density at radius 2 is 1.75 bits per heavy atom. The molecule has 1 atom stereocenters. The number of nitrogens with zero attached hydrogens (tertiary/aromatic N) is 1. The second-order valence-corrected chi connectivity index (χ2v) is 3.97. The van der Waals surface area contributed by atoms with Crippen molar-refractivity contribution < 1.29 is 13.2 Å². The molecule has 1 aromatic rings. The standard InChI is InChI=1S/C11H13ClF3N/c1-8(7-12)16(2)10-5-3-9(4-6-10)11(13,14)15/h3-6,8H,7H2,1-2H3. The predicted octanol–water partition coefficient (Wildman–Crippen LogP) is 3.77. The van der Waals surface area contributed by atoms with Crippen molar-refractivity contribution >= 4 is 17.3 Å². The van der Waals surface area contributed by atoms with Crippen molar-refractivity contribution in [2.45, 2.75) is 19.1 Å². The lowest BCUT2D eigenvalue weighted by molar-refractivity contribution is -0.137. The summed E-state index contributed by atoms with van der Waals surface area (Å²) in [6, 6.07) is 5.13. The van der Waals surface area contributed by atoms with Crippen LogP contribution in [0.15, 0.2) is 24.3 Å².